The Kier molecular flexibility index (Phi) is 4.83. The molecule has 2 aliphatic heterocycles. The van der Waals surface area contributed by atoms with Gasteiger partial charge in [-0.15, -0.1) is 0 Å². The fourth-order valence-corrected chi connectivity index (χ4v) is 4.98. The van der Waals surface area contributed by atoms with Gasteiger partial charge in [-0.2, -0.15) is 0 Å². The Morgan fingerprint density at radius 1 is 1.16 bits per heavy atom. The van der Waals surface area contributed by atoms with E-state index in [9.17, 15) is 0 Å². The molecule has 25 heavy (non-hydrogen) atoms. The third kappa shape index (κ3) is 3.47. The summed E-state index contributed by atoms with van der Waals surface area (Å²) in [4.78, 5) is 10.3. The third-order valence-corrected chi connectivity index (χ3v) is 6.11. The molecular formula is C21H32N4. The van der Waals surface area contributed by atoms with Crippen LogP contribution in [0, 0.1) is 11.8 Å². The average Bonchev–Trinajstić information content (AvgIpc) is 2.91. The number of aromatic nitrogens is 2. The minimum Gasteiger partial charge on any atom is -0.330 e. The van der Waals surface area contributed by atoms with Crippen molar-refractivity contribution >= 4 is 11.0 Å². The van der Waals surface area contributed by atoms with Crippen molar-refractivity contribution in [3.8, 4) is 0 Å². The minimum atomic E-state index is 0.747. The quantitative estimate of drug-likeness (QED) is 0.851. The largest absolute Gasteiger partial charge is 0.330 e. The van der Waals surface area contributed by atoms with Gasteiger partial charge in [0.1, 0.15) is 5.82 Å². The molecule has 1 aromatic heterocycles. The number of nitrogens with zero attached hydrogens (tertiary/aromatic N) is 4. The molecule has 0 aliphatic carbocycles. The van der Waals surface area contributed by atoms with E-state index in [1.54, 1.807) is 0 Å². The Morgan fingerprint density at radius 2 is 2.00 bits per heavy atom. The number of rotatable bonds is 4. The van der Waals surface area contributed by atoms with E-state index in [1.165, 1.54) is 56.8 Å². The van der Waals surface area contributed by atoms with Crippen molar-refractivity contribution < 1.29 is 0 Å². The van der Waals surface area contributed by atoms with E-state index in [1.807, 2.05) is 0 Å². The van der Waals surface area contributed by atoms with Crippen molar-refractivity contribution in [1.29, 1.82) is 0 Å². The van der Waals surface area contributed by atoms with E-state index in [0.29, 0.717) is 0 Å². The molecule has 0 spiro atoms. The van der Waals surface area contributed by atoms with Crippen molar-refractivity contribution in [2.75, 3.05) is 26.2 Å². The van der Waals surface area contributed by atoms with Crippen LogP contribution in [0.1, 0.15) is 38.9 Å². The van der Waals surface area contributed by atoms with Gasteiger partial charge in [0.05, 0.1) is 17.6 Å². The highest BCUT2D eigenvalue weighted by molar-refractivity contribution is 5.75. The van der Waals surface area contributed by atoms with Crippen LogP contribution in [0.3, 0.4) is 0 Å². The molecule has 0 saturated carbocycles. The highest BCUT2D eigenvalue weighted by Crippen LogP contribution is 2.32. The molecule has 4 nitrogen and oxygen atoms in total. The number of hydrogen-bond donors (Lipinski definition) is 0. The lowest BCUT2D eigenvalue weighted by Gasteiger charge is -2.47. The molecule has 4 heteroatoms. The number of piperidine rings is 2. The number of aryl methyl sites for hydroxylation is 1. The van der Waals surface area contributed by atoms with Gasteiger partial charge in [0, 0.05) is 26.2 Å². The Morgan fingerprint density at radius 3 is 2.80 bits per heavy atom. The van der Waals surface area contributed by atoms with Gasteiger partial charge in [-0.1, -0.05) is 26.0 Å². The molecule has 0 bridgehead atoms. The lowest BCUT2D eigenvalue weighted by molar-refractivity contribution is 0.0132. The molecule has 1 aromatic carbocycles. The molecule has 2 aliphatic rings. The second-order valence-electron chi connectivity index (χ2n) is 8.46. The number of para-hydroxylation sites is 2. The molecule has 0 radical (unpaired) electrons. The van der Waals surface area contributed by atoms with E-state index in [-0.39, 0.29) is 0 Å². The first-order valence-electron chi connectivity index (χ1n) is 9.98. The number of likely N-dealkylation sites (tertiary alicyclic amines) is 2. The minimum absolute atomic E-state index is 0.747. The lowest BCUT2D eigenvalue weighted by Crippen LogP contribution is -2.54. The summed E-state index contributed by atoms with van der Waals surface area (Å²) in [5.41, 5.74) is 2.37. The summed E-state index contributed by atoms with van der Waals surface area (Å²) < 4.78 is 2.28. The van der Waals surface area contributed by atoms with E-state index >= 15 is 0 Å². The maximum Gasteiger partial charge on any atom is 0.123 e. The van der Waals surface area contributed by atoms with Gasteiger partial charge in [-0.25, -0.2) is 4.98 Å². The monoisotopic (exact) mass is 340 g/mol. The Hall–Kier alpha value is -1.39. The Bertz CT molecular complexity index is 720. The van der Waals surface area contributed by atoms with Crippen molar-refractivity contribution in [3.63, 3.8) is 0 Å². The summed E-state index contributed by atoms with van der Waals surface area (Å²) in [6.45, 7) is 10.7. The second-order valence-corrected chi connectivity index (χ2v) is 8.46. The van der Waals surface area contributed by atoms with Crippen LogP contribution in [0.25, 0.3) is 11.0 Å². The number of fused-ring (bicyclic) bond motifs is 2. The highest BCUT2D eigenvalue weighted by atomic mass is 15.2. The number of hydrogen-bond acceptors (Lipinski definition) is 3. The van der Waals surface area contributed by atoms with Gasteiger partial charge < -0.3 is 9.47 Å². The zero-order valence-corrected chi connectivity index (χ0v) is 16.0. The molecule has 3 heterocycles. The van der Waals surface area contributed by atoms with Gasteiger partial charge >= 0.3 is 0 Å². The SMILES string of the molecule is CC(C)CN1CC[C@H]2[C@H](CCCN2Cc2nc3ccccc3n2C)C1. The van der Waals surface area contributed by atoms with Crippen LogP contribution in [-0.2, 0) is 13.6 Å². The van der Waals surface area contributed by atoms with Gasteiger partial charge in [0.25, 0.3) is 0 Å². The highest BCUT2D eigenvalue weighted by Gasteiger charge is 2.36. The summed E-state index contributed by atoms with van der Waals surface area (Å²) in [5, 5.41) is 0. The molecule has 2 aromatic rings. The fourth-order valence-electron chi connectivity index (χ4n) is 4.98. The second kappa shape index (κ2) is 7.08. The van der Waals surface area contributed by atoms with Gasteiger partial charge in [-0.05, 0) is 56.3 Å². The summed E-state index contributed by atoms with van der Waals surface area (Å²) in [6.07, 6.45) is 4.06. The summed E-state index contributed by atoms with van der Waals surface area (Å²) in [6, 6.07) is 9.24. The topological polar surface area (TPSA) is 24.3 Å². The van der Waals surface area contributed by atoms with E-state index in [0.717, 1.165) is 29.9 Å². The van der Waals surface area contributed by atoms with Crippen LogP contribution in [0.4, 0.5) is 0 Å². The summed E-state index contributed by atoms with van der Waals surface area (Å²) >= 11 is 0. The first-order chi connectivity index (χ1) is 12.1. The maximum absolute atomic E-state index is 4.91. The molecular weight excluding hydrogens is 308 g/mol. The summed E-state index contributed by atoms with van der Waals surface area (Å²) in [5.74, 6) is 2.83. The Labute approximate surface area is 151 Å². The van der Waals surface area contributed by atoms with Crippen molar-refractivity contribution in [3.05, 3.63) is 30.1 Å². The first-order valence-corrected chi connectivity index (χ1v) is 9.98. The average molecular weight is 341 g/mol. The van der Waals surface area contributed by atoms with Gasteiger partial charge in [-0.3, -0.25) is 4.90 Å². The predicted octanol–water partition coefficient (Wildman–Crippen LogP) is 3.52. The third-order valence-electron chi connectivity index (χ3n) is 6.11. The molecule has 0 N–H and O–H groups in total. The number of imidazole rings is 1. The van der Waals surface area contributed by atoms with Crippen LogP contribution in [-0.4, -0.2) is 51.6 Å². The van der Waals surface area contributed by atoms with Gasteiger partial charge in [0.2, 0.25) is 0 Å². The van der Waals surface area contributed by atoms with Crippen LogP contribution in [0.2, 0.25) is 0 Å². The smallest absolute Gasteiger partial charge is 0.123 e. The fraction of sp³-hybridized carbons (Fsp3) is 0.667. The van der Waals surface area contributed by atoms with Crippen LogP contribution in [0.15, 0.2) is 24.3 Å². The predicted molar refractivity (Wildman–Crippen MR) is 104 cm³/mol. The van der Waals surface area contributed by atoms with Crippen molar-refractivity contribution in [2.45, 2.75) is 45.7 Å². The zero-order chi connectivity index (χ0) is 17.4. The normalized spacial score (nSPS) is 25.6. The lowest BCUT2D eigenvalue weighted by atomic mass is 9.83. The van der Waals surface area contributed by atoms with Gasteiger partial charge in [0.15, 0.2) is 0 Å². The molecule has 136 valence electrons. The zero-order valence-electron chi connectivity index (χ0n) is 16.0. The maximum atomic E-state index is 4.91. The molecule has 2 fully saturated rings. The molecule has 2 atom stereocenters. The Balaban J connectivity index is 1.48. The standard InChI is InChI=1S/C21H32N4/c1-16(2)13-24-12-10-19-17(14-24)7-6-11-25(19)15-21-22-18-8-4-5-9-20(18)23(21)3/h4-5,8-9,16-17,19H,6-7,10-15H2,1-3H3/t17-,19+/m1/s1. The molecule has 4 rings (SSSR count). The molecule has 2 saturated heterocycles. The van der Waals surface area contributed by atoms with E-state index in [4.69, 9.17) is 4.98 Å². The van der Waals surface area contributed by atoms with Crippen molar-refractivity contribution in [2.24, 2.45) is 18.9 Å². The summed E-state index contributed by atoms with van der Waals surface area (Å²) in [7, 11) is 2.16. The molecule has 0 unspecified atom stereocenters. The van der Waals surface area contributed by atoms with Crippen LogP contribution in [0.5, 0.6) is 0 Å². The number of benzene rings is 1. The van der Waals surface area contributed by atoms with Crippen LogP contribution < -0.4 is 0 Å². The van der Waals surface area contributed by atoms with Crippen LogP contribution >= 0.6 is 0 Å². The van der Waals surface area contributed by atoms with Crippen molar-refractivity contribution in [1.82, 2.24) is 19.4 Å². The first kappa shape index (κ1) is 17.0. The molecule has 0 amide bonds. The van der Waals surface area contributed by atoms with E-state index < -0.39 is 0 Å². The van der Waals surface area contributed by atoms with E-state index in [2.05, 4.69) is 59.5 Å².